The van der Waals surface area contributed by atoms with Gasteiger partial charge in [0.05, 0.1) is 6.04 Å². The molecular formula is C15H27N3O3. The molecule has 2 aliphatic rings. The van der Waals surface area contributed by atoms with Gasteiger partial charge in [0.2, 0.25) is 5.91 Å². The van der Waals surface area contributed by atoms with Gasteiger partial charge in [-0.2, -0.15) is 0 Å². The Labute approximate surface area is 126 Å². The Morgan fingerprint density at radius 1 is 1.14 bits per heavy atom. The summed E-state index contributed by atoms with van der Waals surface area (Å²) in [5.41, 5.74) is 5.78. The van der Waals surface area contributed by atoms with Gasteiger partial charge in [-0.25, -0.2) is 0 Å². The zero-order valence-electron chi connectivity index (χ0n) is 13.3. The van der Waals surface area contributed by atoms with Crippen LogP contribution in [0, 0.1) is 5.41 Å². The van der Waals surface area contributed by atoms with Crippen LogP contribution in [-0.2, 0) is 14.3 Å². The first-order valence-corrected chi connectivity index (χ1v) is 7.75. The molecule has 0 bridgehead atoms. The molecule has 0 aromatic carbocycles. The highest BCUT2D eigenvalue weighted by Gasteiger charge is 2.35. The molecule has 0 aromatic heterocycles. The molecular weight excluding hydrogens is 270 g/mol. The summed E-state index contributed by atoms with van der Waals surface area (Å²) in [4.78, 5) is 28.2. The van der Waals surface area contributed by atoms with Crippen LogP contribution in [0.15, 0.2) is 0 Å². The van der Waals surface area contributed by atoms with Gasteiger partial charge in [-0.05, 0) is 18.3 Å². The van der Waals surface area contributed by atoms with E-state index in [1.54, 1.807) is 4.90 Å². The van der Waals surface area contributed by atoms with Crippen LogP contribution in [-0.4, -0.2) is 66.5 Å². The smallest absolute Gasteiger partial charge is 0.251 e. The molecule has 2 amide bonds. The van der Waals surface area contributed by atoms with Gasteiger partial charge in [0.15, 0.2) is 0 Å². The van der Waals surface area contributed by atoms with Crippen molar-refractivity contribution >= 4 is 11.8 Å². The van der Waals surface area contributed by atoms with E-state index in [9.17, 15) is 9.59 Å². The monoisotopic (exact) mass is 297 g/mol. The Bertz CT molecular complexity index is 391. The summed E-state index contributed by atoms with van der Waals surface area (Å²) in [5.74, 6) is 0.0476. The Morgan fingerprint density at radius 2 is 1.71 bits per heavy atom. The van der Waals surface area contributed by atoms with E-state index in [1.807, 2.05) is 25.7 Å². The van der Waals surface area contributed by atoms with Crippen molar-refractivity contribution in [2.75, 3.05) is 32.8 Å². The molecule has 2 heterocycles. The standard InChI is InChI=1S/C15H27N3O3/c1-15(2,3)12(16)14(20)18-8-6-17(7-9-18)13(19)11-5-4-10-21-11/h11-12H,4-10,16H2,1-3H3. The molecule has 2 saturated heterocycles. The minimum atomic E-state index is -0.502. The largest absolute Gasteiger partial charge is 0.368 e. The first-order chi connectivity index (χ1) is 9.80. The molecule has 6 nitrogen and oxygen atoms in total. The van der Waals surface area contributed by atoms with Crippen molar-refractivity contribution < 1.29 is 14.3 Å². The molecule has 0 aliphatic carbocycles. The number of carbonyl (C=O) groups excluding carboxylic acids is 2. The lowest BCUT2D eigenvalue weighted by atomic mass is 9.86. The van der Waals surface area contributed by atoms with Crippen LogP contribution in [0.2, 0.25) is 0 Å². The number of rotatable bonds is 2. The zero-order chi connectivity index (χ0) is 15.6. The van der Waals surface area contributed by atoms with Gasteiger partial charge in [0, 0.05) is 32.8 Å². The Kier molecular flexibility index (Phi) is 4.88. The van der Waals surface area contributed by atoms with Gasteiger partial charge < -0.3 is 20.3 Å². The van der Waals surface area contributed by atoms with E-state index in [2.05, 4.69) is 0 Å². The number of piperazine rings is 1. The summed E-state index contributed by atoms with van der Waals surface area (Å²) in [5, 5.41) is 0. The molecule has 2 rings (SSSR count). The highest BCUT2D eigenvalue weighted by atomic mass is 16.5. The van der Waals surface area contributed by atoms with Crippen LogP contribution in [0.4, 0.5) is 0 Å². The molecule has 2 unspecified atom stereocenters. The molecule has 2 aliphatic heterocycles. The molecule has 120 valence electrons. The molecule has 0 aromatic rings. The second-order valence-corrected chi connectivity index (χ2v) is 7.00. The number of hydrogen-bond acceptors (Lipinski definition) is 4. The summed E-state index contributed by atoms with van der Waals surface area (Å²) < 4.78 is 5.43. The maximum Gasteiger partial charge on any atom is 0.251 e. The molecule has 0 radical (unpaired) electrons. The van der Waals surface area contributed by atoms with E-state index in [-0.39, 0.29) is 23.3 Å². The van der Waals surface area contributed by atoms with Crippen LogP contribution < -0.4 is 5.73 Å². The summed E-state index contributed by atoms with van der Waals surface area (Å²) in [6.07, 6.45) is 1.49. The molecule has 6 heteroatoms. The summed E-state index contributed by atoms with van der Waals surface area (Å²) in [6.45, 7) is 8.83. The lowest BCUT2D eigenvalue weighted by Gasteiger charge is -2.38. The maximum absolute atomic E-state index is 12.4. The molecule has 2 atom stereocenters. The fraction of sp³-hybridized carbons (Fsp3) is 0.867. The second-order valence-electron chi connectivity index (χ2n) is 7.00. The third-order valence-corrected chi connectivity index (χ3v) is 4.31. The Hall–Kier alpha value is -1.14. The third-order valence-electron chi connectivity index (χ3n) is 4.31. The summed E-state index contributed by atoms with van der Waals surface area (Å²) in [6, 6.07) is -0.502. The third kappa shape index (κ3) is 3.74. The van der Waals surface area contributed by atoms with Crippen LogP contribution in [0.25, 0.3) is 0 Å². The number of ether oxygens (including phenoxy) is 1. The fourth-order valence-electron chi connectivity index (χ4n) is 2.69. The van der Waals surface area contributed by atoms with Crippen LogP contribution >= 0.6 is 0 Å². The van der Waals surface area contributed by atoms with Crippen molar-refractivity contribution in [2.24, 2.45) is 11.1 Å². The summed E-state index contributed by atoms with van der Waals surface area (Å²) in [7, 11) is 0. The highest BCUT2D eigenvalue weighted by molar-refractivity contribution is 5.84. The van der Waals surface area contributed by atoms with Crippen molar-refractivity contribution in [3.63, 3.8) is 0 Å². The van der Waals surface area contributed by atoms with Gasteiger partial charge in [0.25, 0.3) is 5.91 Å². The van der Waals surface area contributed by atoms with E-state index in [0.29, 0.717) is 32.8 Å². The first-order valence-electron chi connectivity index (χ1n) is 7.75. The average Bonchev–Trinajstić information content (AvgIpc) is 2.98. The van der Waals surface area contributed by atoms with Gasteiger partial charge >= 0.3 is 0 Å². The minimum Gasteiger partial charge on any atom is -0.368 e. The van der Waals surface area contributed by atoms with Crippen molar-refractivity contribution in [2.45, 2.75) is 45.8 Å². The maximum atomic E-state index is 12.4. The number of amides is 2. The highest BCUT2D eigenvalue weighted by Crippen LogP contribution is 2.20. The average molecular weight is 297 g/mol. The van der Waals surface area contributed by atoms with E-state index < -0.39 is 6.04 Å². The lowest BCUT2D eigenvalue weighted by Crippen LogP contribution is -2.57. The van der Waals surface area contributed by atoms with E-state index in [0.717, 1.165) is 12.8 Å². The Balaban J connectivity index is 1.85. The molecule has 2 N–H and O–H groups in total. The number of carbonyl (C=O) groups is 2. The lowest BCUT2D eigenvalue weighted by molar-refractivity contribution is -0.147. The van der Waals surface area contributed by atoms with E-state index in [4.69, 9.17) is 10.5 Å². The van der Waals surface area contributed by atoms with Gasteiger partial charge in [-0.15, -0.1) is 0 Å². The first kappa shape index (κ1) is 16.2. The van der Waals surface area contributed by atoms with Crippen LogP contribution in [0.5, 0.6) is 0 Å². The van der Waals surface area contributed by atoms with Gasteiger partial charge in [-0.1, -0.05) is 20.8 Å². The normalized spacial score (nSPS) is 25.0. The molecule has 2 fully saturated rings. The minimum absolute atomic E-state index is 0.0216. The SMILES string of the molecule is CC(C)(C)C(N)C(=O)N1CCN(C(=O)C2CCCO2)CC1. The molecule has 21 heavy (non-hydrogen) atoms. The van der Waals surface area contributed by atoms with Crippen molar-refractivity contribution in [3.8, 4) is 0 Å². The zero-order valence-corrected chi connectivity index (χ0v) is 13.3. The Morgan fingerprint density at radius 3 is 2.19 bits per heavy atom. The van der Waals surface area contributed by atoms with E-state index >= 15 is 0 Å². The van der Waals surface area contributed by atoms with Gasteiger partial charge in [0.1, 0.15) is 6.10 Å². The van der Waals surface area contributed by atoms with Crippen molar-refractivity contribution in [1.82, 2.24) is 9.80 Å². The molecule has 0 saturated carbocycles. The van der Waals surface area contributed by atoms with Crippen molar-refractivity contribution in [3.05, 3.63) is 0 Å². The van der Waals surface area contributed by atoms with Crippen LogP contribution in [0.1, 0.15) is 33.6 Å². The molecule has 0 spiro atoms. The second kappa shape index (κ2) is 6.32. The summed E-state index contributed by atoms with van der Waals surface area (Å²) >= 11 is 0. The number of nitrogens with two attached hydrogens (primary N) is 1. The fourth-order valence-corrected chi connectivity index (χ4v) is 2.69. The number of nitrogens with zero attached hydrogens (tertiary/aromatic N) is 2. The number of hydrogen-bond donors (Lipinski definition) is 1. The van der Waals surface area contributed by atoms with Gasteiger partial charge in [-0.3, -0.25) is 9.59 Å². The predicted octanol–water partition coefficient (Wildman–Crippen LogP) is 0.210. The topological polar surface area (TPSA) is 75.9 Å². The van der Waals surface area contributed by atoms with Crippen LogP contribution in [0.3, 0.4) is 0 Å². The van der Waals surface area contributed by atoms with Crippen molar-refractivity contribution in [1.29, 1.82) is 0 Å². The quantitative estimate of drug-likeness (QED) is 0.790. The van der Waals surface area contributed by atoms with E-state index in [1.165, 1.54) is 0 Å². The predicted molar refractivity (Wildman–Crippen MR) is 79.6 cm³/mol.